The van der Waals surface area contributed by atoms with Crippen LogP contribution in [0.15, 0.2) is 10.4 Å². The molecule has 5 nitrogen and oxygen atoms in total. The van der Waals surface area contributed by atoms with Gasteiger partial charge >= 0.3 is 0 Å². The van der Waals surface area contributed by atoms with Gasteiger partial charge in [-0.15, -0.1) is 24.2 Å². The van der Waals surface area contributed by atoms with E-state index in [1.165, 1.54) is 11.8 Å². The molecule has 0 amide bonds. The maximum atomic E-state index is 10.7. The van der Waals surface area contributed by atoms with Crippen LogP contribution in [-0.2, 0) is 4.79 Å². The molecule has 0 radical (unpaired) electrons. The highest BCUT2D eigenvalue weighted by Crippen LogP contribution is 2.22. The number of rotatable bonds is 3. The van der Waals surface area contributed by atoms with Crippen LogP contribution in [0.1, 0.15) is 6.92 Å². The fourth-order valence-electron chi connectivity index (χ4n) is 0.864. The number of nitrogens with zero attached hydrogens (tertiary/aromatic N) is 4. The normalized spacial score (nSPS) is 16.2. The largest absolute Gasteiger partial charge is 0.299 e. The number of ketones is 1. The fraction of sp³-hybridized carbons (Fsp3) is 0.833. The van der Waals surface area contributed by atoms with E-state index < -0.39 is 0 Å². The van der Waals surface area contributed by atoms with E-state index in [2.05, 4.69) is 10.4 Å². The second kappa shape index (κ2) is 5.29. The number of thioether (sulfide) groups is 1. The van der Waals surface area contributed by atoms with E-state index in [-0.39, 0.29) is 23.7 Å². The second-order valence-corrected chi connectivity index (χ2v) is 3.71. The molecule has 7 heteroatoms. The first kappa shape index (κ1) is 12.5. The summed E-state index contributed by atoms with van der Waals surface area (Å²) in [6.45, 7) is 1.58. The van der Waals surface area contributed by atoms with E-state index in [0.717, 1.165) is 0 Å². The molecule has 0 spiro atoms. The van der Waals surface area contributed by atoms with Crippen molar-refractivity contribution >= 4 is 30.0 Å². The highest BCUT2D eigenvalue weighted by Gasteiger charge is 2.24. The molecular formula is C6H13ClN4OS. The summed E-state index contributed by atoms with van der Waals surface area (Å²) in [5.41, 5.74) is 0.0638. The molecule has 0 aliphatic carbocycles. The number of halogens is 1. The predicted octanol–water partition coefficient (Wildman–Crippen LogP) is 1.17. The Kier molecular flexibility index (Phi) is 5.09. The minimum absolute atomic E-state index is 0. The standard InChI is InChI=1S/C6H12N4OS.ClH/c1-5(11)4-12-6-9(2)7-8-10(6)3;/h6H,4H2,1-3H3;1H. The highest BCUT2D eigenvalue weighted by atomic mass is 35.5. The summed E-state index contributed by atoms with van der Waals surface area (Å²) in [5, 5.41) is 11.1. The van der Waals surface area contributed by atoms with Crippen LogP contribution in [0.5, 0.6) is 0 Å². The molecule has 0 aromatic rings. The third-order valence-electron chi connectivity index (χ3n) is 1.40. The van der Waals surface area contributed by atoms with Crippen LogP contribution in [0.25, 0.3) is 0 Å². The third-order valence-corrected chi connectivity index (χ3v) is 2.88. The van der Waals surface area contributed by atoms with Crippen molar-refractivity contribution in [2.75, 3.05) is 19.8 Å². The maximum absolute atomic E-state index is 10.7. The monoisotopic (exact) mass is 224 g/mol. The van der Waals surface area contributed by atoms with Crippen molar-refractivity contribution in [1.82, 2.24) is 10.0 Å². The number of Topliss-reactive ketones (excluding diaryl/α,β-unsaturated/α-hetero) is 1. The van der Waals surface area contributed by atoms with Gasteiger partial charge in [-0.2, -0.15) is 0 Å². The molecule has 0 aromatic heterocycles. The molecule has 0 saturated heterocycles. The minimum atomic E-state index is 0. The van der Waals surface area contributed by atoms with Crippen molar-refractivity contribution in [2.24, 2.45) is 10.4 Å². The number of hydrogen-bond acceptors (Lipinski definition) is 6. The smallest absolute Gasteiger partial charge is 0.184 e. The molecule has 1 heterocycles. The van der Waals surface area contributed by atoms with Crippen LogP contribution in [0, 0.1) is 0 Å². The van der Waals surface area contributed by atoms with Crippen LogP contribution < -0.4 is 0 Å². The molecule has 0 bridgehead atoms. The lowest BCUT2D eigenvalue weighted by atomic mass is 10.5. The van der Waals surface area contributed by atoms with Gasteiger partial charge in [-0.1, -0.05) is 10.4 Å². The topological polar surface area (TPSA) is 48.3 Å². The van der Waals surface area contributed by atoms with Gasteiger partial charge < -0.3 is 0 Å². The van der Waals surface area contributed by atoms with Crippen LogP contribution in [0.4, 0.5) is 0 Å². The summed E-state index contributed by atoms with van der Waals surface area (Å²) < 4.78 is 0. The molecule has 13 heavy (non-hydrogen) atoms. The van der Waals surface area contributed by atoms with Crippen molar-refractivity contribution in [3.8, 4) is 0 Å². The molecule has 0 saturated carbocycles. The van der Waals surface area contributed by atoms with Crippen molar-refractivity contribution in [2.45, 2.75) is 12.4 Å². The zero-order chi connectivity index (χ0) is 9.14. The first-order chi connectivity index (χ1) is 5.61. The van der Waals surface area contributed by atoms with E-state index in [9.17, 15) is 4.79 Å². The molecule has 1 aliphatic rings. The lowest BCUT2D eigenvalue weighted by Gasteiger charge is -2.20. The zero-order valence-electron chi connectivity index (χ0n) is 7.80. The summed E-state index contributed by atoms with van der Waals surface area (Å²) in [7, 11) is 3.68. The molecule has 0 fully saturated rings. The average molecular weight is 225 g/mol. The minimum Gasteiger partial charge on any atom is -0.299 e. The van der Waals surface area contributed by atoms with Gasteiger partial charge in [0.05, 0.1) is 5.75 Å². The summed E-state index contributed by atoms with van der Waals surface area (Å²) in [6, 6.07) is 0. The Morgan fingerprint density at radius 1 is 1.38 bits per heavy atom. The third kappa shape index (κ3) is 3.40. The van der Waals surface area contributed by atoms with Gasteiger partial charge in [0, 0.05) is 14.1 Å². The predicted molar refractivity (Wildman–Crippen MR) is 54.6 cm³/mol. The summed E-state index contributed by atoms with van der Waals surface area (Å²) in [6.07, 6.45) is 0. The Morgan fingerprint density at radius 3 is 2.23 bits per heavy atom. The molecule has 0 unspecified atom stereocenters. The van der Waals surface area contributed by atoms with Gasteiger partial charge in [-0.05, 0) is 6.92 Å². The molecule has 76 valence electrons. The molecule has 1 rings (SSSR count). The number of carbonyl (C=O) groups excluding carboxylic acids is 1. The summed E-state index contributed by atoms with van der Waals surface area (Å²) in [5.74, 6) is 0.679. The Balaban J connectivity index is 0.00000144. The van der Waals surface area contributed by atoms with Gasteiger partial charge in [-0.3, -0.25) is 4.79 Å². The van der Waals surface area contributed by atoms with Gasteiger partial charge in [0.1, 0.15) is 5.78 Å². The fourth-order valence-corrected chi connectivity index (χ4v) is 1.76. The van der Waals surface area contributed by atoms with Crippen LogP contribution >= 0.6 is 24.2 Å². The zero-order valence-corrected chi connectivity index (χ0v) is 9.43. The van der Waals surface area contributed by atoms with Crippen LogP contribution in [0.2, 0.25) is 0 Å². The van der Waals surface area contributed by atoms with Gasteiger partial charge in [0.2, 0.25) is 0 Å². The Hall–Kier alpha value is -0.490. The summed E-state index contributed by atoms with van der Waals surface area (Å²) >= 11 is 1.52. The average Bonchev–Trinajstić information content (AvgIpc) is 2.28. The van der Waals surface area contributed by atoms with Crippen LogP contribution in [-0.4, -0.2) is 41.1 Å². The van der Waals surface area contributed by atoms with Gasteiger partial charge in [-0.25, -0.2) is 10.0 Å². The van der Waals surface area contributed by atoms with Crippen molar-refractivity contribution < 1.29 is 4.79 Å². The Labute approximate surface area is 87.9 Å². The number of hydrogen-bond donors (Lipinski definition) is 0. The van der Waals surface area contributed by atoms with E-state index in [0.29, 0.717) is 5.75 Å². The van der Waals surface area contributed by atoms with E-state index in [1.807, 2.05) is 14.1 Å². The molecular weight excluding hydrogens is 212 g/mol. The van der Waals surface area contributed by atoms with E-state index in [4.69, 9.17) is 0 Å². The van der Waals surface area contributed by atoms with Crippen molar-refractivity contribution in [3.05, 3.63) is 0 Å². The van der Waals surface area contributed by atoms with Gasteiger partial charge in [0.15, 0.2) is 5.50 Å². The quantitative estimate of drug-likeness (QED) is 0.722. The Bertz CT molecular complexity index is 201. The molecule has 0 N–H and O–H groups in total. The van der Waals surface area contributed by atoms with Crippen LogP contribution in [0.3, 0.4) is 0 Å². The van der Waals surface area contributed by atoms with Crippen molar-refractivity contribution in [3.63, 3.8) is 0 Å². The highest BCUT2D eigenvalue weighted by molar-refractivity contribution is 8.00. The summed E-state index contributed by atoms with van der Waals surface area (Å²) in [4.78, 5) is 10.7. The Morgan fingerprint density at radius 2 is 1.85 bits per heavy atom. The first-order valence-corrected chi connectivity index (χ1v) is 4.64. The SMILES string of the molecule is CC(=O)CSC1N(C)N=NN1C.Cl. The lowest BCUT2D eigenvalue weighted by molar-refractivity contribution is -0.114. The molecule has 1 aliphatic heterocycles. The van der Waals surface area contributed by atoms with Gasteiger partial charge in [0.25, 0.3) is 0 Å². The molecule has 0 aromatic carbocycles. The lowest BCUT2D eigenvalue weighted by Crippen LogP contribution is -2.31. The number of carbonyl (C=O) groups is 1. The van der Waals surface area contributed by atoms with E-state index in [1.54, 1.807) is 16.9 Å². The second-order valence-electron chi connectivity index (χ2n) is 2.67. The van der Waals surface area contributed by atoms with E-state index >= 15 is 0 Å². The maximum Gasteiger partial charge on any atom is 0.184 e. The molecule has 0 atom stereocenters. The van der Waals surface area contributed by atoms with Crippen molar-refractivity contribution in [1.29, 1.82) is 0 Å². The first-order valence-electron chi connectivity index (χ1n) is 3.59.